The van der Waals surface area contributed by atoms with Gasteiger partial charge in [0.15, 0.2) is 22.8 Å². The molecule has 0 bridgehead atoms. The smallest absolute Gasteiger partial charge is 0.459 e. The Morgan fingerprint density at radius 2 is 1.82 bits per heavy atom. The number of halogens is 7. The van der Waals surface area contributed by atoms with E-state index in [0.717, 1.165) is 12.1 Å². The van der Waals surface area contributed by atoms with Crippen molar-refractivity contribution in [1.29, 1.82) is 0 Å². The molecule has 0 aliphatic heterocycles. The standard InChI is InChI=1S/C19H15F7N4O3/c1-3-32-13-7-10(4-5-12(13)33-17(20)21)28-16(31)11-8-15-27-9(2)6-14(30(15)29-11)18(22,23)19(24,25)26/h4-8,17H,3H2,1-2H3,(H,28,31). The second-order valence-corrected chi connectivity index (χ2v) is 6.58. The second kappa shape index (κ2) is 8.75. The van der Waals surface area contributed by atoms with Crippen molar-refractivity contribution < 1.29 is 45.0 Å². The summed E-state index contributed by atoms with van der Waals surface area (Å²) in [5.74, 6) is -6.65. The molecular weight excluding hydrogens is 465 g/mol. The van der Waals surface area contributed by atoms with Crippen molar-refractivity contribution in [3.8, 4) is 11.5 Å². The van der Waals surface area contributed by atoms with Gasteiger partial charge in [-0.25, -0.2) is 9.50 Å². The number of ether oxygens (including phenoxy) is 2. The van der Waals surface area contributed by atoms with Crippen molar-refractivity contribution in [3.63, 3.8) is 0 Å². The molecule has 2 heterocycles. The lowest BCUT2D eigenvalue weighted by atomic mass is 10.2. The summed E-state index contributed by atoms with van der Waals surface area (Å²) in [6.45, 7) is -0.245. The van der Waals surface area contributed by atoms with E-state index in [0.29, 0.717) is 6.07 Å². The summed E-state index contributed by atoms with van der Waals surface area (Å²) in [5, 5.41) is 5.88. The van der Waals surface area contributed by atoms with Crippen molar-refractivity contribution >= 4 is 17.2 Å². The minimum Gasteiger partial charge on any atom is -0.490 e. The summed E-state index contributed by atoms with van der Waals surface area (Å²) < 4.78 is 101. The maximum atomic E-state index is 14.0. The first-order valence-electron chi connectivity index (χ1n) is 9.19. The zero-order chi connectivity index (χ0) is 24.6. The number of carbonyl (C=O) groups is 1. The SMILES string of the molecule is CCOc1cc(NC(=O)c2cc3nc(C)cc(C(F)(F)C(F)(F)F)n3n2)ccc1OC(F)F. The molecule has 0 fully saturated rings. The number of anilines is 1. The maximum Gasteiger partial charge on any atom is 0.459 e. The first kappa shape index (κ1) is 24.1. The number of fused-ring (bicyclic) bond motifs is 1. The molecule has 0 atom stereocenters. The third-order valence-electron chi connectivity index (χ3n) is 4.18. The van der Waals surface area contributed by atoms with E-state index in [1.54, 1.807) is 6.92 Å². The Kier molecular flexibility index (Phi) is 6.38. The molecule has 1 amide bonds. The molecule has 2 aromatic heterocycles. The lowest BCUT2D eigenvalue weighted by molar-refractivity contribution is -0.291. The summed E-state index contributed by atoms with van der Waals surface area (Å²) in [6.07, 6.45) is -5.90. The van der Waals surface area contributed by atoms with Gasteiger partial charge in [0.05, 0.1) is 6.61 Å². The van der Waals surface area contributed by atoms with Gasteiger partial charge in [0.25, 0.3) is 5.91 Å². The van der Waals surface area contributed by atoms with Crippen molar-refractivity contribution in [1.82, 2.24) is 14.6 Å². The number of benzene rings is 1. The third kappa shape index (κ3) is 4.93. The molecule has 0 radical (unpaired) electrons. The van der Waals surface area contributed by atoms with E-state index in [2.05, 4.69) is 20.1 Å². The number of amides is 1. The summed E-state index contributed by atoms with van der Waals surface area (Å²) >= 11 is 0. The average Bonchev–Trinajstić information content (AvgIpc) is 3.12. The van der Waals surface area contributed by atoms with Crippen LogP contribution in [0, 0.1) is 6.92 Å². The predicted molar refractivity (Wildman–Crippen MR) is 99.9 cm³/mol. The molecule has 0 aliphatic carbocycles. The Hall–Kier alpha value is -3.58. The number of aryl methyl sites for hydroxylation is 1. The third-order valence-corrected chi connectivity index (χ3v) is 4.18. The van der Waals surface area contributed by atoms with Crippen LogP contribution in [-0.2, 0) is 5.92 Å². The molecule has 178 valence electrons. The molecule has 0 unspecified atom stereocenters. The maximum absolute atomic E-state index is 14.0. The van der Waals surface area contributed by atoms with Crippen LogP contribution >= 0.6 is 0 Å². The minimum absolute atomic E-state index is 0.0344. The first-order valence-corrected chi connectivity index (χ1v) is 9.19. The van der Waals surface area contributed by atoms with Crippen molar-refractivity contribution in [2.24, 2.45) is 0 Å². The Balaban J connectivity index is 1.95. The van der Waals surface area contributed by atoms with Gasteiger partial charge in [0.1, 0.15) is 5.69 Å². The van der Waals surface area contributed by atoms with Crippen molar-refractivity contribution in [2.75, 3.05) is 11.9 Å². The van der Waals surface area contributed by atoms with Gasteiger partial charge in [-0.2, -0.15) is 35.8 Å². The number of hydrogen-bond donors (Lipinski definition) is 1. The van der Waals surface area contributed by atoms with E-state index in [9.17, 15) is 35.5 Å². The number of carbonyl (C=O) groups excluding carboxylic acids is 1. The highest BCUT2D eigenvalue weighted by atomic mass is 19.4. The molecule has 7 nitrogen and oxygen atoms in total. The molecule has 0 saturated carbocycles. The summed E-state index contributed by atoms with van der Waals surface area (Å²) in [4.78, 5) is 16.4. The first-order chi connectivity index (χ1) is 15.3. The summed E-state index contributed by atoms with van der Waals surface area (Å²) in [6, 6.07) is 4.91. The minimum atomic E-state index is -5.90. The second-order valence-electron chi connectivity index (χ2n) is 6.58. The fraction of sp³-hybridized carbons (Fsp3) is 0.316. The lowest BCUT2D eigenvalue weighted by Gasteiger charge is -2.20. The molecule has 14 heteroatoms. The number of hydrogen-bond acceptors (Lipinski definition) is 5. The normalized spacial score (nSPS) is 12.3. The Morgan fingerprint density at radius 3 is 2.42 bits per heavy atom. The van der Waals surface area contributed by atoms with Crippen molar-refractivity contribution in [2.45, 2.75) is 32.6 Å². The largest absolute Gasteiger partial charge is 0.490 e. The van der Waals surface area contributed by atoms with E-state index in [4.69, 9.17) is 4.74 Å². The van der Waals surface area contributed by atoms with Gasteiger partial charge < -0.3 is 14.8 Å². The van der Waals surface area contributed by atoms with Gasteiger partial charge in [-0.3, -0.25) is 4.79 Å². The van der Waals surface area contributed by atoms with Crippen LogP contribution in [0.2, 0.25) is 0 Å². The predicted octanol–water partition coefficient (Wildman–Crippen LogP) is 4.94. The van der Waals surface area contributed by atoms with Gasteiger partial charge in [-0.15, -0.1) is 0 Å². The molecule has 1 N–H and O–H groups in total. The van der Waals surface area contributed by atoms with Gasteiger partial charge in [0.2, 0.25) is 0 Å². The Morgan fingerprint density at radius 1 is 1.12 bits per heavy atom. The molecule has 1 aromatic carbocycles. The van der Waals surface area contributed by atoms with Crippen LogP contribution in [0.15, 0.2) is 30.3 Å². The number of nitrogens with zero attached hydrogens (tertiary/aromatic N) is 3. The monoisotopic (exact) mass is 480 g/mol. The zero-order valence-corrected chi connectivity index (χ0v) is 16.9. The van der Waals surface area contributed by atoms with Crippen LogP contribution in [0.3, 0.4) is 0 Å². The summed E-state index contributed by atoms with van der Waals surface area (Å²) in [5.41, 5.74) is -2.55. The van der Waals surface area contributed by atoms with E-state index >= 15 is 0 Å². The molecule has 0 aliphatic rings. The topological polar surface area (TPSA) is 77.8 Å². The van der Waals surface area contributed by atoms with Gasteiger partial charge in [-0.1, -0.05) is 0 Å². The van der Waals surface area contributed by atoms with Crippen molar-refractivity contribution in [3.05, 3.63) is 47.4 Å². The molecule has 0 saturated heterocycles. The molecular formula is C19H15F7N4O3. The number of aromatic nitrogens is 3. The van der Waals surface area contributed by atoms with Crippen LogP contribution < -0.4 is 14.8 Å². The molecule has 0 spiro atoms. The van der Waals surface area contributed by atoms with Crippen LogP contribution in [0.1, 0.15) is 28.8 Å². The number of rotatable bonds is 7. The summed E-state index contributed by atoms with van der Waals surface area (Å²) in [7, 11) is 0. The highest BCUT2D eigenvalue weighted by molar-refractivity contribution is 6.03. The number of alkyl halides is 7. The number of nitrogens with one attached hydrogen (secondary N) is 1. The zero-order valence-electron chi connectivity index (χ0n) is 16.9. The van der Waals surface area contributed by atoms with Crippen LogP contribution in [-0.4, -0.2) is 39.9 Å². The van der Waals surface area contributed by atoms with Crippen LogP contribution in [0.5, 0.6) is 11.5 Å². The van der Waals surface area contributed by atoms with E-state index in [1.807, 2.05) is 0 Å². The highest BCUT2D eigenvalue weighted by Crippen LogP contribution is 2.43. The van der Waals surface area contributed by atoms with Gasteiger partial charge in [0, 0.05) is 23.5 Å². The van der Waals surface area contributed by atoms with Crippen LogP contribution in [0.4, 0.5) is 36.4 Å². The highest BCUT2D eigenvalue weighted by Gasteiger charge is 2.60. The Labute approximate surface area is 181 Å². The molecule has 3 rings (SSSR count). The molecule has 3 aromatic rings. The quantitative estimate of drug-likeness (QED) is 0.485. The fourth-order valence-electron chi connectivity index (χ4n) is 2.82. The van der Waals surface area contributed by atoms with E-state index in [1.165, 1.54) is 19.1 Å². The molecule has 33 heavy (non-hydrogen) atoms. The average molecular weight is 480 g/mol. The van der Waals surface area contributed by atoms with E-state index in [-0.39, 0.29) is 34.0 Å². The van der Waals surface area contributed by atoms with Crippen LogP contribution in [0.25, 0.3) is 5.65 Å². The van der Waals surface area contributed by atoms with Gasteiger partial charge in [-0.05, 0) is 32.0 Å². The van der Waals surface area contributed by atoms with E-state index < -0.39 is 41.7 Å². The Bertz CT molecular complexity index is 1180. The van der Waals surface area contributed by atoms with Gasteiger partial charge >= 0.3 is 18.7 Å². The fourth-order valence-corrected chi connectivity index (χ4v) is 2.82. The lowest BCUT2D eigenvalue weighted by Crippen LogP contribution is -2.36.